The molecule has 0 radical (unpaired) electrons. The average molecular weight is 531 g/mol. The molecule has 14 nitrogen and oxygen atoms in total. The molecule has 0 aromatic heterocycles. The number of ether oxygens (including phenoxy) is 3. The Hall–Kier alpha value is -3.36. The number of nitrogens with zero attached hydrogens (tertiary/aromatic N) is 1. The van der Waals surface area contributed by atoms with E-state index < -0.39 is 29.4 Å². The van der Waals surface area contributed by atoms with Crippen molar-refractivity contribution >= 4 is 35.6 Å². The van der Waals surface area contributed by atoms with Crippen LogP contribution in [0, 0.1) is 0 Å². The van der Waals surface area contributed by atoms with Gasteiger partial charge in [-0.2, -0.15) is 0 Å². The normalized spacial score (nSPS) is 13.2. The number of carbonyl (C=O) groups is 6. The number of carbonyl (C=O) groups excluding carboxylic acids is 3. The van der Waals surface area contributed by atoms with Gasteiger partial charge in [-0.05, 0) is 19.3 Å². The van der Waals surface area contributed by atoms with Gasteiger partial charge in [-0.15, -0.1) is 0 Å². The molecule has 1 aliphatic rings. The fourth-order valence-electron chi connectivity index (χ4n) is 3.47. The lowest BCUT2D eigenvalue weighted by Crippen LogP contribution is -2.49. The first-order valence-corrected chi connectivity index (χ1v) is 11.8. The second-order valence-electron chi connectivity index (χ2n) is 8.26. The number of carboxylic acids is 3. The number of carboxylic acid groups (broad SMARTS) is 3. The first-order chi connectivity index (χ1) is 17.5. The SMILES string of the molecule is O=C(O)CCC(CCC(=O)O)(CCC(=O)O)NC(=O)CCOCCOCCOCCN1C(=O)C=CC1=O. The summed E-state index contributed by atoms with van der Waals surface area (Å²) in [5.74, 6) is -4.70. The molecule has 0 unspecified atom stereocenters. The Kier molecular flexibility index (Phi) is 14.7. The maximum absolute atomic E-state index is 12.4. The minimum Gasteiger partial charge on any atom is -0.481 e. The van der Waals surface area contributed by atoms with Crippen LogP contribution in [0.5, 0.6) is 0 Å². The van der Waals surface area contributed by atoms with Crippen LogP contribution in [0.15, 0.2) is 12.2 Å². The first kappa shape index (κ1) is 31.7. The number of amides is 3. The highest BCUT2D eigenvalue weighted by atomic mass is 16.5. The number of aliphatic carboxylic acids is 3. The van der Waals surface area contributed by atoms with Gasteiger partial charge in [0.05, 0.1) is 46.2 Å². The van der Waals surface area contributed by atoms with Crippen LogP contribution in [-0.2, 0) is 43.0 Å². The molecule has 0 aromatic rings. The fraction of sp³-hybridized carbons (Fsp3) is 0.652. The number of hydrogen-bond donors (Lipinski definition) is 4. The van der Waals surface area contributed by atoms with Gasteiger partial charge in [0.25, 0.3) is 11.8 Å². The molecule has 1 heterocycles. The van der Waals surface area contributed by atoms with Crippen LogP contribution in [0.3, 0.4) is 0 Å². The topological polar surface area (TPSA) is 206 Å². The van der Waals surface area contributed by atoms with Crippen molar-refractivity contribution in [2.24, 2.45) is 0 Å². The van der Waals surface area contributed by atoms with Crippen LogP contribution in [0.4, 0.5) is 0 Å². The minimum atomic E-state index is -1.28. The highest BCUT2D eigenvalue weighted by molar-refractivity contribution is 6.12. The molecule has 0 saturated heterocycles. The zero-order valence-electron chi connectivity index (χ0n) is 20.5. The van der Waals surface area contributed by atoms with Crippen LogP contribution in [0.25, 0.3) is 0 Å². The largest absolute Gasteiger partial charge is 0.481 e. The van der Waals surface area contributed by atoms with E-state index in [-0.39, 0.29) is 103 Å². The molecule has 0 aromatic carbocycles. The zero-order chi connectivity index (χ0) is 27.7. The molecule has 208 valence electrons. The first-order valence-electron chi connectivity index (χ1n) is 11.8. The van der Waals surface area contributed by atoms with Crippen molar-refractivity contribution < 1.29 is 58.3 Å². The number of rotatable bonds is 22. The quantitative estimate of drug-likeness (QED) is 0.106. The Morgan fingerprint density at radius 2 is 1.08 bits per heavy atom. The Morgan fingerprint density at radius 1 is 0.676 bits per heavy atom. The maximum atomic E-state index is 12.4. The van der Waals surface area contributed by atoms with Crippen molar-refractivity contribution in [2.45, 2.75) is 50.5 Å². The van der Waals surface area contributed by atoms with Gasteiger partial charge in [0.2, 0.25) is 5.91 Å². The van der Waals surface area contributed by atoms with E-state index in [2.05, 4.69) is 5.32 Å². The van der Waals surface area contributed by atoms with E-state index in [1.807, 2.05) is 0 Å². The Bertz CT molecular complexity index is 778. The van der Waals surface area contributed by atoms with Crippen molar-refractivity contribution in [1.29, 1.82) is 0 Å². The lowest BCUT2D eigenvalue weighted by atomic mass is 9.83. The fourth-order valence-corrected chi connectivity index (χ4v) is 3.47. The van der Waals surface area contributed by atoms with Crippen molar-refractivity contribution in [3.8, 4) is 0 Å². The lowest BCUT2D eigenvalue weighted by molar-refractivity contribution is -0.140. The predicted molar refractivity (Wildman–Crippen MR) is 124 cm³/mol. The molecule has 1 aliphatic heterocycles. The number of imide groups is 1. The lowest BCUT2D eigenvalue weighted by Gasteiger charge is -2.34. The van der Waals surface area contributed by atoms with Crippen LogP contribution in [0.1, 0.15) is 44.9 Å². The third-order valence-corrected chi connectivity index (χ3v) is 5.43. The minimum absolute atomic E-state index is 0.0183. The van der Waals surface area contributed by atoms with Crippen molar-refractivity contribution in [3.05, 3.63) is 12.2 Å². The Balaban J connectivity index is 2.27. The molecule has 14 heteroatoms. The van der Waals surface area contributed by atoms with Crippen molar-refractivity contribution in [3.63, 3.8) is 0 Å². The van der Waals surface area contributed by atoms with Gasteiger partial charge in [0.1, 0.15) is 0 Å². The zero-order valence-corrected chi connectivity index (χ0v) is 20.5. The molecule has 3 amide bonds. The summed E-state index contributed by atoms with van der Waals surface area (Å²) >= 11 is 0. The van der Waals surface area contributed by atoms with E-state index in [0.29, 0.717) is 0 Å². The maximum Gasteiger partial charge on any atom is 0.303 e. The standard InChI is InChI=1S/C23H34N2O12/c26-17(24-23(7-3-20(29)30,8-4-21(31)32)9-5-22(33)34)6-11-35-13-15-37-16-14-36-12-10-25-18(27)1-2-19(25)28/h1-2H,3-16H2,(H,24,26)(H,29,30)(H,31,32)(H,33,34). The molecule has 0 saturated carbocycles. The summed E-state index contributed by atoms with van der Waals surface area (Å²) in [7, 11) is 0. The molecule has 0 fully saturated rings. The van der Waals surface area contributed by atoms with Crippen molar-refractivity contribution in [1.82, 2.24) is 10.2 Å². The Labute approximate surface area is 213 Å². The molecule has 0 bridgehead atoms. The van der Waals surface area contributed by atoms with E-state index in [0.717, 1.165) is 4.90 Å². The van der Waals surface area contributed by atoms with Crippen LogP contribution >= 0.6 is 0 Å². The van der Waals surface area contributed by atoms with Gasteiger partial charge in [-0.3, -0.25) is 33.7 Å². The van der Waals surface area contributed by atoms with E-state index in [4.69, 9.17) is 29.5 Å². The van der Waals surface area contributed by atoms with Gasteiger partial charge in [0.15, 0.2) is 0 Å². The Morgan fingerprint density at radius 3 is 1.51 bits per heavy atom. The third kappa shape index (κ3) is 14.1. The summed E-state index contributed by atoms with van der Waals surface area (Å²) in [6.45, 7) is 1.25. The van der Waals surface area contributed by atoms with E-state index in [1.54, 1.807) is 0 Å². The van der Waals surface area contributed by atoms with Crippen LogP contribution in [-0.4, -0.2) is 108 Å². The summed E-state index contributed by atoms with van der Waals surface area (Å²) in [6, 6.07) is 0. The number of hydrogen-bond acceptors (Lipinski definition) is 9. The second-order valence-corrected chi connectivity index (χ2v) is 8.26. The smallest absolute Gasteiger partial charge is 0.303 e. The number of nitrogens with one attached hydrogen (secondary N) is 1. The van der Waals surface area contributed by atoms with Gasteiger partial charge in [0, 0.05) is 43.4 Å². The molecule has 37 heavy (non-hydrogen) atoms. The van der Waals surface area contributed by atoms with Gasteiger partial charge in [-0.25, -0.2) is 0 Å². The predicted octanol–water partition coefficient (Wildman–Crippen LogP) is -0.199. The van der Waals surface area contributed by atoms with E-state index >= 15 is 0 Å². The van der Waals surface area contributed by atoms with E-state index in [9.17, 15) is 28.8 Å². The molecule has 4 N–H and O–H groups in total. The van der Waals surface area contributed by atoms with Gasteiger partial charge >= 0.3 is 17.9 Å². The third-order valence-electron chi connectivity index (χ3n) is 5.43. The summed E-state index contributed by atoms with van der Waals surface area (Å²) in [4.78, 5) is 69.4. The summed E-state index contributed by atoms with van der Waals surface area (Å²) in [5, 5.41) is 29.7. The summed E-state index contributed by atoms with van der Waals surface area (Å²) in [6.07, 6.45) is 0.912. The van der Waals surface area contributed by atoms with Gasteiger partial charge in [-0.1, -0.05) is 0 Å². The average Bonchev–Trinajstić information content (AvgIpc) is 3.15. The second kappa shape index (κ2) is 17.2. The van der Waals surface area contributed by atoms with Crippen molar-refractivity contribution in [2.75, 3.05) is 46.2 Å². The molecule has 0 aliphatic carbocycles. The molecule has 0 spiro atoms. The molecule has 0 atom stereocenters. The summed E-state index contributed by atoms with van der Waals surface area (Å²) < 4.78 is 16.0. The van der Waals surface area contributed by atoms with Crippen LogP contribution in [0.2, 0.25) is 0 Å². The highest BCUT2D eigenvalue weighted by Crippen LogP contribution is 2.26. The van der Waals surface area contributed by atoms with Crippen LogP contribution < -0.4 is 5.32 Å². The van der Waals surface area contributed by atoms with E-state index in [1.165, 1.54) is 12.2 Å². The monoisotopic (exact) mass is 530 g/mol. The highest BCUT2D eigenvalue weighted by Gasteiger charge is 2.33. The molecular weight excluding hydrogens is 496 g/mol. The van der Waals surface area contributed by atoms with Gasteiger partial charge < -0.3 is 34.8 Å². The summed E-state index contributed by atoms with van der Waals surface area (Å²) in [5.41, 5.74) is -1.28. The molecular formula is C23H34N2O12. The molecule has 1 rings (SSSR count).